The Labute approximate surface area is 264 Å². The molecule has 1 unspecified atom stereocenters. The molecule has 2 saturated heterocycles. The van der Waals surface area contributed by atoms with Crippen LogP contribution in [0.25, 0.3) is 0 Å². The number of hydrogen-bond acceptors (Lipinski definition) is 7. The van der Waals surface area contributed by atoms with Gasteiger partial charge in [-0.15, -0.1) is 13.2 Å². The number of likely N-dealkylation sites (tertiary alicyclic amines) is 2. The highest BCUT2D eigenvalue weighted by atomic mass is 19.4. The molecule has 2 fully saturated rings. The van der Waals surface area contributed by atoms with Crippen LogP contribution in [0.5, 0.6) is 11.5 Å². The topological polar surface area (TPSA) is 89.0 Å². The maximum absolute atomic E-state index is 15.1. The third-order valence-electron chi connectivity index (χ3n) is 8.60. The van der Waals surface area contributed by atoms with Gasteiger partial charge in [0.15, 0.2) is 11.6 Å². The van der Waals surface area contributed by atoms with E-state index in [4.69, 9.17) is 4.74 Å². The van der Waals surface area contributed by atoms with Gasteiger partial charge in [0.05, 0.1) is 7.11 Å². The van der Waals surface area contributed by atoms with Gasteiger partial charge < -0.3 is 14.4 Å². The normalized spacial score (nSPS) is 19.5. The Hall–Kier alpha value is -4.32. The van der Waals surface area contributed by atoms with Gasteiger partial charge in [0, 0.05) is 55.8 Å². The molecule has 2 aliphatic rings. The maximum Gasteiger partial charge on any atom is 0.573 e. The molecule has 12 heteroatoms. The predicted octanol–water partition coefficient (Wildman–Crippen LogP) is 6.16. The summed E-state index contributed by atoms with van der Waals surface area (Å²) in [7, 11) is 1.57. The number of Topliss-reactive ketones (excluding diaryl/α,β-unsaturated/α-hetero) is 2. The van der Waals surface area contributed by atoms with Crippen molar-refractivity contribution in [1.82, 2.24) is 14.8 Å². The van der Waals surface area contributed by atoms with Crippen LogP contribution in [-0.2, 0) is 6.54 Å². The molecule has 1 amide bonds. The number of carbonyl (C=O) groups is 3. The summed E-state index contributed by atoms with van der Waals surface area (Å²) in [5.41, 5.74) is 1.84. The highest BCUT2D eigenvalue weighted by molar-refractivity contribution is 5.99. The molecule has 1 aromatic heterocycles. The Bertz CT molecular complexity index is 1510. The zero-order chi connectivity index (χ0) is 32.8. The van der Waals surface area contributed by atoms with Gasteiger partial charge in [-0.2, -0.15) is 0 Å². The molecule has 0 spiro atoms. The first kappa shape index (κ1) is 33.1. The molecule has 3 heterocycles. The van der Waals surface area contributed by atoms with Crippen LogP contribution in [0.3, 0.4) is 0 Å². The number of methoxy groups -OCH3 is 1. The van der Waals surface area contributed by atoms with Crippen molar-refractivity contribution in [3.63, 3.8) is 0 Å². The molecule has 0 aliphatic carbocycles. The molecule has 8 nitrogen and oxygen atoms in total. The van der Waals surface area contributed by atoms with Crippen molar-refractivity contribution >= 4 is 17.5 Å². The van der Waals surface area contributed by atoms with Crippen molar-refractivity contribution in [3.8, 4) is 11.5 Å². The number of carbonyl (C=O) groups excluding carboxylic acids is 3. The van der Waals surface area contributed by atoms with E-state index in [-0.39, 0.29) is 47.8 Å². The van der Waals surface area contributed by atoms with E-state index in [1.807, 2.05) is 4.90 Å². The third-order valence-corrected chi connectivity index (χ3v) is 8.60. The molecule has 46 heavy (non-hydrogen) atoms. The van der Waals surface area contributed by atoms with Gasteiger partial charge in [0.25, 0.3) is 5.91 Å². The van der Waals surface area contributed by atoms with Crippen molar-refractivity contribution in [3.05, 3.63) is 89.2 Å². The molecule has 2 aliphatic heterocycles. The minimum Gasteiger partial charge on any atom is -0.497 e. The van der Waals surface area contributed by atoms with E-state index in [9.17, 15) is 27.6 Å². The smallest absolute Gasteiger partial charge is 0.497 e. The number of nitrogens with zero attached hydrogens (tertiary/aromatic N) is 3. The molecule has 0 saturated carbocycles. The minimum atomic E-state index is -4.77. The highest BCUT2D eigenvalue weighted by Gasteiger charge is 2.33. The van der Waals surface area contributed by atoms with Crippen LogP contribution in [0.4, 0.5) is 17.6 Å². The lowest BCUT2D eigenvalue weighted by Gasteiger charge is -2.34. The van der Waals surface area contributed by atoms with E-state index in [0.717, 1.165) is 5.56 Å². The first-order valence-electron chi connectivity index (χ1n) is 15.2. The number of alkyl halides is 4. The zero-order valence-electron chi connectivity index (χ0n) is 25.3. The number of piperidine rings is 2. The number of pyridine rings is 1. The molecule has 0 radical (unpaired) electrons. The second-order valence-corrected chi connectivity index (χ2v) is 11.7. The van der Waals surface area contributed by atoms with Gasteiger partial charge >= 0.3 is 6.36 Å². The molecular weight excluding hydrogens is 606 g/mol. The Morgan fingerprint density at radius 3 is 2.11 bits per heavy atom. The molecule has 5 rings (SSSR count). The lowest BCUT2D eigenvalue weighted by Crippen LogP contribution is -2.42. The number of amides is 1. The molecule has 0 N–H and O–H groups in total. The first-order valence-corrected chi connectivity index (χ1v) is 15.2. The van der Waals surface area contributed by atoms with Crippen molar-refractivity contribution in [1.29, 1.82) is 0 Å². The predicted molar refractivity (Wildman–Crippen MR) is 161 cm³/mol. The van der Waals surface area contributed by atoms with Crippen LogP contribution in [0.2, 0.25) is 0 Å². The Morgan fingerprint density at radius 1 is 0.870 bits per heavy atom. The summed E-state index contributed by atoms with van der Waals surface area (Å²) in [5, 5.41) is 0. The lowest BCUT2D eigenvalue weighted by molar-refractivity contribution is -0.274. The number of ketones is 2. The van der Waals surface area contributed by atoms with Gasteiger partial charge in [0.1, 0.15) is 23.4 Å². The third kappa shape index (κ3) is 8.48. The summed E-state index contributed by atoms with van der Waals surface area (Å²) in [4.78, 5) is 46.7. The second kappa shape index (κ2) is 14.4. The number of aromatic nitrogens is 1. The second-order valence-electron chi connectivity index (χ2n) is 11.7. The molecule has 2 aromatic carbocycles. The summed E-state index contributed by atoms with van der Waals surface area (Å²) in [6, 6.07) is 15.5. The maximum atomic E-state index is 15.1. The monoisotopic (exact) mass is 641 g/mol. The fourth-order valence-electron chi connectivity index (χ4n) is 5.98. The van der Waals surface area contributed by atoms with Gasteiger partial charge in [-0.05, 0) is 85.8 Å². The summed E-state index contributed by atoms with van der Waals surface area (Å²) >= 11 is 0. The van der Waals surface area contributed by atoms with E-state index in [0.29, 0.717) is 62.3 Å². The number of ether oxygens (including phenoxy) is 2. The van der Waals surface area contributed by atoms with Crippen LogP contribution >= 0.6 is 0 Å². The number of hydrogen-bond donors (Lipinski definition) is 0. The summed E-state index contributed by atoms with van der Waals surface area (Å²) in [5.74, 6) is -0.776. The number of rotatable bonds is 10. The first-order chi connectivity index (χ1) is 22.0. The van der Waals surface area contributed by atoms with Crippen LogP contribution in [-0.4, -0.2) is 78.1 Å². The summed E-state index contributed by atoms with van der Waals surface area (Å²) in [6.45, 7) is 1.84. The highest BCUT2D eigenvalue weighted by Crippen LogP contribution is 2.28. The Kier molecular flexibility index (Phi) is 10.4. The Balaban J connectivity index is 1.07. The van der Waals surface area contributed by atoms with Crippen LogP contribution < -0.4 is 9.47 Å². The van der Waals surface area contributed by atoms with E-state index in [2.05, 4.69) is 9.72 Å². The fraction of sp³-hybridized carbons (Fsp3) is 0.412. The summed E-state index contributed by atoms with van der Waals surface area (Å²) < 4.78 is 61.2. The van der Waals surface area contributed by atoms with E-state index in [1.54, 1.807) is 36.3 Å². The zero-order valence-corrected chi connectivity index (χ0v) is 25.3. The van der Waals surface area contributed by atoms with E-state index in [1.165, 1.54) is 42.6 Å². The largest absolute Gasteiger partial charge is 0.573 e. The van der Waals surface area contributed by atoms with Crippen LogP contribution in [0, 0.1) is 11.8 Å². The quantitative estimate of drug-likeness (QED) is 0.194. The molecule has 0 bridgehead atoms. The average molecular weight is 642 g/mol. The van der Waals surface area contributed by atoms with Gasteiger partial charge in [0.2, 0.25) is 0 Å². The van der Waals surface area contributed by atoms with E-state index < -0.39 is 18.5 Å². The van der Waals surface area contributed by atoms with Crippen molar-refractivity contribution in [2.24, 2.45) is 11.8 Å². The minimum absolute atomic E-state index is 0.00317. The molecular formula is C34H35F4N3O5. The van der Waals surface area contributed by atoms with Crippen LogP contribution in [0.15, 0.2) is 66.9 Å². The average Bonchev–Trinajstić information content (AvgIpc) is 3.05. The standard InChI is InChI=1S/C34H35F4N3O5/c1-45-27-9-4-23(5-10-27)32(43)24-13-16-41(17-14-24)33(44)30-11-6-26(19-39-30)31(42)18-25-12-15-40(21-29(25)35)20-22-2-7-28(8-3-22)46-34(36,37)38/h2-11,19,24-25,29H,12-18,20-21H2,1H3/t25?,29-/m0/s1. The summed E-state index contributed by atoms with van der Waals surface area (Å²) in [6.07, 6.45) is -3.13. The van der Waals surface area contributed by atoms with Gasteiger partial charge in [-0.25, -0.2) is 4.39 Å². The Morgan fingerprint density at radius 2 is 1.52 bits per heavy atom. The van der Waals surface area contributed by atoms with Gasteiger partial charge in [-0.1, -0.05) is 12.1 Å². The number of benzene rings is 2. The van der Waals surface area contributed by atoms with Crippen molar-refractivity contribution in [2.45, 2.75) is 44.8 Å². The molecule has 3 aromatic rings. The molecule has 2 atom stereocenters. The number of halogens is 4. The lowest BCUT2D eigenvalue weighted by atomic mass is 9.88. The van der Waals surface area contributed by atoms with Crippen molar-refractivity contribution < 1.29 is 41.4 Å². The van der Waals surface area contributed by atoms with E-state index >= 15 is 4.39 Å². The van der Waals surface area contributed by atoms with Crippen molar-refractivity contribution in [2.75, 3.05) is 33.3 Å². The van der Waals surface area contributed by atoms with Gasteiger partial charge in [-0.3, -0.25) is 24.3 Å². The molecule has 244 valence electrons. The fourth-order valence-corrected chi connectivity index (χ4v) is 5.98. The SMILES string of the molecule is COc1ccc(C(=O)C2CCN(C(=O)c3ccc(C(=O)CC4CCN(Cc5ccc(OC(F)(F)F)cc5)C[C@@H]4F)cn3)CC2)cc1. The van der Waals surface area contributed by atoms with Crippen LogP contribution in [0.1, 0.15) is 62.5 Å².